The summed E-state index contributed by atoms with van der Waals surface area (Å²) in [6.07, 6.45) is 4.99. The maximum absolute atomic E-state index is 3.99. The van der Waals surface area contributed by atoms with E-state index < -0.39 is 0 Å². The van der Waals surface area contributed by atoms with E-state index in [4.69, 9.17) is 0 Å². The summed E-state index contributed by atoms with van der Waals surface area (Å²) >= 11 is 1.95. The van der Waals surface area contributed by atoms with Crippen LogP contribution in [0.15, 0.2) is 29.4 Å². The number of thioether (sulfide) groups is 1. The number of hydrogen-bond donors (Lipinski definition) is 1. The van der Waals surface area contributed by atoms with Crippen molar-refractivity contribution in [2.45, 2.75) is 16.6 Å². The van der Waals surface area contributed by atoms with Gasteiger partial charge < -0.3 is 5.32 Å². The number of rotatable bonds is 2. The van der Waals surface area contributed by atoms with Gasteiger partial charge in [-0.25, -0.2) is 0 Å². The molecule has 0 saturated carbocycles. The Bertz CT molecular complexity index is 232. The molecule has 1 atom stereocenters. The first kappa shape index (κ1) is 8.08. The van der Waals surface area contributed by atoms with Crippen LogP contribution in [-0.2, 0) is 0 Å². The predicted octanol–water partition coefficient (Wildman–Crippen LogP) is 1.54. The molecular formula is C9H12N2S. The second-order valence-electron chi connectivity index (χ2n) is 2.92. The molecule has 1 fully saturated rings. The lowest BCUT2D eigenvalue weighted by Gasteiger charge is -2.06. The highest BCUT2D eigenvalue weighted by atomic mass is 32.2. The van der Waals surface area contributed by atoms with Gasteiger partial charge in [0.05, 0.1) is 0 Å². The third-order valence-electron chi connectivity index (χ3n) is 1.97. The van der Waals surface area contributed by atoms with E-state index in [0.29, 0.717) is 0 Å². The van der Waals surface area contributed by atoms with E-state index in [1.54, 1.807) is 0 Å². The molecule has 1 aliphatic rings. The highest BCUT2D eigenvalue weighted by Crippen LogP contribution is 2.25. The number of hydrogen-bond acceptors (Lipinski definition) is 3. The summed E-state index contributed by atoms with van der Waals surface area (Å²) in [4.78, 5) is 5.32. The van der Waals surface area contributed by atoms with Crippen molar-refractivity contribution < 1.29 is 0 Å². The number of nitrogens with one attached hydrogen (secondary N) is 1. The van der Waals surface area contributed by atoms with Crippen LogP contribution < -0.4 is 5.32 Å². The Labute approximate surface area is 76.8 Å². The van der Waals surface area contributed by atoms with Gasteiger partial charge >= 0.3 is 0 Å². The maximum atomic E-state index is 3.99. The summed E-state index contributed by atoms with van der Waals surface area (Å²) in [7, 11) is 0. The van der Waals surface area contributed by atoms with Gasteiger partial charge in [-0.15, -0.1) is 11.8 Å². The zero-order chi connectivity index (χ0) is 8.23. The largest absolute Gasteiger partial charge is 0.316 e. The van der Waals surface area contributed by atoms with Crippen LogP contribution in [0.3, 0.4) is 0 Å². The van der Waals surface area contributed by atoms with Crippen LogP contribution in [-0.4, -0.2) is 23.3 Å². The van der Waals surface area contributed by atoms with Crippen LogP contribution in [0, 0.1) is 0 Å². The van der Waals surface area contributed by atoms with Crippen LogP contribution in [0.4, 0.5) is 0 Å². The summed E-state index contributed by atoms with van der Waals surface area (Å²) in [6, 6.07) is 4.14. The fourth-order valence-electron chi connectivity index (χ4n) is 1.34. The Kier molecular flexibility index (Phi) is 2.64. The van der Waals surface area contributed by atoms with Crippen molar-refractivity contribution >= 4 is 11.8 Å². The molecule has 1 aromatic rings. The van der Waals surface area contributed by atoms with Crippen LogP contribution in [0.2, 0.25) is 0 Å². The standard InChI is InChI=1S/C9H12N2S/c1-4-10-5-2-8(1)12-9-3-6-11-7-9/h1-2,4-5,9,11H,3,6-7H2/t9-/m1/s1. The van der Waals surface area contributed by atoms with E-state index in [2.05, 4.69) is 22.4 Å². The van der Waals surface area contributed by atoms with Gasteiger partial charge in [0.25, 0.3) is 0 Å². The molecule has 1 saturated heterocycles. The molecule has 2 rings (SSSR count). The molecule has 0 aromatic carbocycles. The van der Waals surface area contributed by atoms with Crippen molar-refractivity contribution in [2.24, 2.45) is 0 Å². The zero-order valence-corrected chi connectivity index (χ0v) is 7.68. The van der Waals surface area contributed by atoms with Gasteiger partial charge in [-0.3, -0.25) is 4.98 Å². The Morgan fingerprint density at radius 1 is 1.42 bits per heavy atom. The summed E-state index contributed by atoms with van der Waals surface area (Å²) in [5.41, 5.74) is 0. The van der Waals surface area contributed by atoms with Crippen molar-refractivity contribution in [3.05, 3.63) is 24.5 Å². The zero-order valence-electron chi connectivity index (χ0n) is 6.86. The quantitative estimate of drug-likeness (QED) is 0.747. The molecular weight excluding hydrogens is 168 g/mol. The lowest BCUT2D eigenvalue weighted by atomic mass is 10.4. The first-order valence-electron chi connectivity index (χ1n) is 4.22. The fraction of sp³-hybridized carbons (Fsp3) is 0.444. The van der Waals surface area contributed by atoms with Gasteiger partial charge in [0.2, 0.25) is 0 Å². The predicted molar refractivity (Wildman–Crippen MR) is 51.4 cm³/mol. The highest BCUT2D eigenvalue weighted by Gasteiger charge is 2.14. The normalized spacial score (nSPS) is 22.8. The third kappa shape index (κ3) is 1.99. The van der Waals surface area contributed by atoms with Crippen molar-refractivity contribution in [2.75, 3.05) is 13.1 Å². The van der Waals surface area contributed by atoms with Gasteiger partial charge in [0, 0.05) is 29.1 Å². The second kappa shape index (κ2) is 3.92. The van der Waals surface area contributed by atoms with E-state index in [0.717, 1.165) is 11.8 Å². The SMILES string of the molecule is c1cc(S[C@@H]2CCNC2)ccn1. The molecule has 0 amide bonds. The van der Waals surface area contributed by atoms with Gasteiger partial charge in [-0.1, -0.05) is 0 Å². The smallest absolute Gasteiger partial charge is 0.0278 e. The minimum atomic E-state index is 0.757. The summed E-state index contributed by atoms with van der Waals surface area (Å²) < 4.78 is 0. The van der Waals surface area contributed by atoms with Gasteiger partial charge in [0.15, 0.2) is 0 Å². The van der Waals surface area contributed by atoms with E-state index >= 15 is 0 Å². The molecule has 0 aliphatic carbocycles. The number of aromatic nitrogens is 1. The average molecular weight is 180 g/mol. The molecule has 2 heterocycles. The number of pyridine rings is 1. The monoisotopic (exact) mass is 180 g/mol. The average Bonchev–Trinajstić information content (AvgIpc) is 2.59. The van der Waals surface area contributed by atoms with E-state index in [9.17, 15) is 0 Å². The molecule has 64 valence electrons. The van der Waals surface area contributed by atoms with E-state index in [-0.39, 0.29) is 0 Å². The minimum absolute atomic E-state index is 0.757. The Hall–Kier alpha value is -0.540. The topological polar surface area (TPSA) is 24.9 Å². The lowest BCUT2D eigenvalue weighted by Crippen LogP contribution is -2.09. The van der Waals surface area contributed by atoms with Crippen molar-refractivity contribution in [3.63, 3.8) is 0 Å². The lowest BCUT2D eigenvalue weighted by molar-refractivity contribution is 0.858. The first-order valence-corrected chi connectivity index (χ1v) is 5.10. The minimum Gasteiger partial charge on any atom is -0.316 e. The maximum Gasteiger partial charge on any atom is 0.0278 e. The second-order valence-corrected chi connectivity index (χ2v) is 4.29. The molecule has 0 unspecified atom stereocenters. The fourth-order valence-corrected chi connectivity index (χ4v) is 2.44. The van der Waals surface area contributed by atoms with Crippen molar-refractivity contribution in [1.82, 2.24) is 10.3 Å². The third-order valence-corrected chi connectivity index (χ3v) is 3.25. The van der Waals surface area contributed by atoms with Crippen molar-refractivity contribution in [3.8, 4) is 0 Å². The van der Waals surface area contributed by atoms with Gasteiger partial charge in [-0.05, 0) is 25.1 Å². The molecule has 3 heteroatoms. The van der Waals surface area contributed by atoms with Crippen LogP contribution in [0.1, 0.15) is 6.42 Å². The molecule has 1 aliphatic heterocycles. The molecule has 12 heavy (non-hydrogen) atoms. The van der Waals surface area contributed by atoms with Gasteiger partial charge in [-0.2, -0.15) is 0 Å². The van der Waals surface area contributed by atoms with Crippen LogP contribution in [0.5, 0.6) is 0 Å². The highest BCUT2D eigenvalue weighted by molar-refractivity contribution is 8.00. The summed E-state index contributed by atoms with van der Waals surface area (Å²) in [5.74, 6) is 0. The molecule has 0 spiro atoms. The van der Waals surface area contributed by atoms with Crippen LogP contribution in [0.25, 0.3) is 0 Å². The Balaban J connectivity index is 1.94. The molecule has 1 aromatic heterocycles. The van der Waals surface area contributed by atoms with E-state index in [1.165, 1.54) is 17.9 Å². The first-order chi connectivity index (χ1) is 5.95. The summed E-state index contributed by atoms with van der Waals surface area (Å²) in [5, 5.41) is 4.11. The van der Waals surface area contributed by atoms with Gasteiger partial charge in [0.1, 0.15) is 0 Å². The molecule has 0 radical (unpaired) electrons. The Morgan fingerprint density at radius 3 is 2.92 bits per heavy atom. The Morgan fingerprint density at radius 2 is 2.25 bits per heavy atom. The molecule has 2 nitrogen and oxygen atoms in total. The van der Waals surface area contributed by atoms with Crippen molar-refractivity contribution in [1.29, 1.82) is 0 Å². The molecule has 0 bridgehead atoms. The number of nitrogens with zero attached hydrogens (tertiary/aromatic N) is 1. The van der Waals surface area contributed by atoms with Crippen LogP contribution >= 0.6 is 11.8 Å². The molecule has 1 N–H and O–H groups in total. The van der Waals surface area contributed by atoms with E-state index in [1.807, 2.05) is 24.2 Å². The summed E-state index contributed by atoms with van der Waals surface area (Å²) in [6.45, 7) is 2.32.